The first-order valence-electron chi connectivity index (χ1n) is 7.75. The van der Waals surface area contributed by atoms with Gasteiger partial charge in [0.1, 0.15) is 10.7 Å². The van der Waals surface area contributed by atoms with E-state index in [0.717, 1.165) is 31.2 Å². The molecule has 0 saturated carbocycles. The Morgan fingerprint density at radius 2 is 2.14 bits per heavy atom. The van der Waals surface area contributed by atoms with E-state index in [2.05, 4.69) is 11.9 Å². The molecular formula is C17H20FNO2S. The van der Waals surface area contributed by atoms with Gasteiger partial charge in [-0.05, 0) is 54.9 Å². The molecule has 1 N–H and O–H groups in total. The molecule has 3 nitrogen and oxygen atoms in total. The molecule has 0 unspecified atom stereocenters. The van der Waals surface area contributed by atoms with Crippen LogP contribution in [0.4, 0.5) is 4.39 Å². The summed E-state index contributed by atoms with van der Waals surface area (Å²) in [7, 11) is -3.80. The van der Waals surface area contributed by atoms with Crippen LogP contribution < -0.4 is 0 Å². The highest BCUT2D eigenvalue weighted by Gasteiger charge is 2.29. The summed E-state index contributed by atoms with van der Waals surface area (Å²) in [5.41, 5.74) is 1.60. The summed E-state index contributed by atoms with van der Waals surface area (Å²) in [5.74, 6) is -0.202. The highest BCUT2D eigenvalue weighted by molar-refractivity contribution is 7.91. The standard InChI is InChI=1S/C17H20FNO2S/c1-2-4-12-5-3-6-15-14(12)7-8-16(17(15)18)22(20,21)13-9-10-19-11-13/h7-12,19H,2-6H2,1H3/t12-/m1/s1. The molecule has 0 spiro atoms. The zero-order valence-electron chi connectivity index (χ0n) is 12.6. The summed E-state index contributed by atoms with van der Waals surface area (Å²) in [5, 5.41) is 0. The topological polar surface area (TPSA) is 49.9 Å². The van der Waals surface area contributed by atoms with E-state index in [0.29, 0.717) is 17.9 Å². The number of rotatable bonds is 4. The van der Waals surface area contributed by atoms with Crippen LogP contribution in [-0.4, -0.2) is 13.4 Å². The van der Waals surface area contributed by atoms with Crippen molar-refractivity contribution in [2.45, 2.75) is 54.7 Å². The molecule has 3 rings (SSSR count). The van der Waals surface area contributed by atoms with E-state index >= 15 is 0 Å². The first-order chi connectivity index (χ1) is 10.6. The molecule has 0 bridgehead atoms. The lowest BCUT2D eigenvalue weighted by molar-refractivity contribution is 0.485. The zero-order valence-corrected chi connectivity index (χ0v) is 13.4. The lowest BCUT2D eigenvalue weighted by Crippen LogP contribution is -2.14. The molecule has 2 aromatic rings. The normalized spacial score (nSPS) is 18.2. The maximum Gasteiger partial charge on any atom is 0.210 e. The van der Waals surface area contributed by atoms with Crippen LogP contribution in [0.15, 0.2) is 40.4 Å². The molecular weight excluding hydrogens is 301 g/mol. The summed E-state index contributed by atoms with van der Waals surface area (Å²) >= 11 is 0. The second-order valence-corrected chi connectivity index (χ2v) is 7.79. The van der Waals surface area contributed by atoms with E-state index in [9.17, 15) is 12.8 Å². The number of hydrogen-bond acceptors (Lipinski definition) is 2. The van der Waals surface area contributed by atoms with Gasteiger partial charge in [0.05, 0.1) is 4.90 Å². The molecule has 0 fully saturated rings. The minimum absolute atomic E-state index is 0.104. The highest BCUT2D eigenvalue weighted by atomic mass is 32.2. The SMILES string of the molecule is CCC[C@@H]1CCCc2c1ccc(S(=O)(=O)c1cc[nH]c1)c2F. The van der Waals surface area contributed by atoms with Gasteiger partial charge in [0, 0.05) is 12.4 Å². The summed E-state index contributed by atoms with van der Waals surface area (Å²) in [4.78, 5) is 2.61. The Morgan fingerprint density at radius 1 is 1.32 bits per heavy atom. The minimum Gasteiger partial charge on any atom is -0.366 e. The smallest absolute Gasteiger partial charge is 0.210 e. The van der Waals surface area contributed by atoms with Gasteiger partial charge in [0.2, 0.25) is 9.84 Å². The fraction of sp³-hybridized carbons (Fsp3) is 0.412. The van der Waals surface area contributed by atoms with Crippen LogP contribution in [0.2, 0.25) is 0 Å². The third-order valence-corrected chi connectivity index (χ3v) is 6.24. The molecule has 0 saturated heterocycles. The second-order valence-electron chi connectivity index (χ2n) is 5.87. The van der Waals surface area contributed by atoms with Gasteiger partial charge >= 0.3 is 0 Å². The average molecular weight is 321 g/mol. The van der Waals surface area contributed by atoms with Crippen molar-refractivity contribution in [1.82, 2.24) is 4.98 Å². The Kier molecular flexibility index (Phi) is 4.08. The number of aromatic nitrogens is 1. The van der Waals surface area contributed by atoms with Crippen molar-refractivity contribution in [2.24, 2.45) is 0 Å². The molecule has 1 aromatic carbocycles. The van der Waals surface area contributed by atoms with Gasteiger partial charge in [-0.3, -0.25) is 0 Å². The summed E-state index contributed by atoms with van der Waals surface area (Å²) in [6.07, 6.45) is 7.59. The summed E-state index contributed by atoms with van der Waals surface area (Å²) in [6.45, 7) is 2.12. The lowest BCUT2D eigenvalue weighted by Gasteiger charge is -2.26. The fourth-order valence-electron chi connectivity index (χ4n) is 3.39. The van der Waals surface area contributed by atoms with Gasteiger partial charge < -0.3 is 4.98 Å². The molecule has 1 aromatic heterocycles. The Bertz CT molecular complexity index is 766. The Hall–Kier alpha value is -1.62. The van der Waals surface area contributed by atoms with Crippen molar-refractivity contribution < 1.29 is 12.8 Å². The van der Waals surface area contributed by atoms with Crippen molar-refractivity contribution in [1.29, 1.82) is 0 Å². The fourth-order valence-corrected chi connectivity index (χ4v) is 4.72. The van der Waals surface area contributed by atoms with Gasteiger partial charge in [-0.15, -0.1) is 0 Å². The molecule has 0 aliphatic heterocycles. The van der Waals surface area contributed by atoms with Crippen LogP contribution >= 0.6 is 0 Å². The van der Waals surface area contributed by atoms with E-state index in [4.69, 9.17) is 0 Å². The van der Waals surface area contributed by atoms with Gasteiger partial charge in [-0.2, -0.15) is 0 Å². The number of nitrogens with one attached hydrogen (secondary N) is 1. The number of aromatic amines is 1. The molecule has 0 radical (unpaired) electrons. The maximum atomic E-state index is 14.9. The van der Waals surface area contributed by atoms with Gasteiger partial charge in [-0.1, -0.05) is 19.4 Å². The van der Waals surface area contributed by atoms with Gasteiger partial charge in [0.15, 0.2) is 0 Å². The van der Waals surface area contributed by atoms with Gasteiger partial charge in [0.25, 0.3) is 0 Å². The van der Waals surface area contributed by atoms with E-state index in [1.54, 1.807) is 0 Å². The van der Waals surface area contributed by atoms with Crippen LogP contribution in [0, 0.1) is 5.82 Å². The van der Waals surface area contributed by atoms with E-state index in [-0.39, 0.29) is 9.79 Å². The number of hydrogen-bond donors (Lipinski definition) is 1. The molecule has 1 atom stereocenters. The number of benzene rings is 1. The quantitative estimate of drug-likeness (QED) is 0.917. The summed E-state index contributed by atoms with van der Waals surface area (Å²) < 4.78 is 40.0. The molecule has 5 heteroatoms. The van der Waals surface area contributed by atoms with Crippen molar-refractivity contribution in [3.8, 4) is 0 Å². The molecule has 1 aliphatic carbocycles. The molecule has 22 heavy (non-hydrogen) atoms. The van der Waals surface area contributed by atoms with E-state index < -0.39 is 15.7 Å². The largest absolute Gasteiger partial charge is 0.366 e. The van der Waals surface area contributed by atoms with Crippen molar-refractivity contribution in [3.05, 3.63) is 47.5 Å². The average Bonchev–Trinajstić information content (AvgIpc) is 3.03. The van der Waals surface area contributed by atoms with Crippen LogP contribution in [0.5, 0.6) is 0 Å². The predicted molar refractivity (Wildman–Crippen MR) is 83.2 cm³/mol. The molecule has 118 valence electrons. The first kappa shape index (κ1) is 15.3. The number of sulfone groups is 1. The van der Waals surface area contributed by atoms with Crippen LogP contribution in [0.3, 0.4) is 0 Å². The molecule has 0 amide bonds. The van der Waals surface area contributed by atoms with Crippen LogP contribution in [-0.2, 0) is 16.3 Å². The third kappa shape index (κ3) is 2.47. The Balaban J connectivity index is 2.10. The first-order valence-corrected chi connectivity index (χ1v) is 9.23. The lowest BCUT2D eigenvalue weighted by atomic mass is 9.80. The minimum atomic E-state index is -3.80. The van der Waals surface area contributed by atoms with Crippen LogP contribution in [0.25, 0.3) is 0 Å². The predicted octanol–water partition coefficient (Wildman–Crippen LogP) is 4.21. The highest BCUT2D eigenvalue weighted by Crippen LogP contribution is 2.38. The van der Waals surface area contributed by atoms with Crippen LogP contribution in [0.1, 0.15) is 49.7 Å². The monoisotopic (exact) mass is 321 g/mol. The van der Waals surface area contributed by atoms with Crippen molar-refractivity contribution >= 4 is 9.84 Å². The number of H-pyrrole nitrogens is 1. The van der Waals surface area contributed by atoms with Crippen molar-refractivity contribution in [3.63, 3.8) is 0 Å². The Labute approximate surface area is 130 Å². The second kappa shape index (κ2) is 5.88. The molecule has 1 aliphatic rings. The number of fused-ring (bicyclic) bond motifs is 1. The maximum absolute atomic E-state index is 14.9. The zero-order chi connectivity index (χ0) is 15.7. The Morgan fingerprint density at radius 3 is 2.82 bits per heavy atom. The number of halogens is 1. The summed E-state index contributed by atoms with van der Waals surface area (Å²) in [6, 6.07) is 4.70. The molecule has 1 heterocycles. The third-order valence-electron chi connectivity index (χ3n) is 4.47. The van der Waals surface area contributed by atoms with E-state index in [1.165, 1.54) is 24.5 Å². The van der Waals surface area contributed by atoms with Gasteiger partial charge in [-0.25, -0.2) is 12.8 Å². The van der Waals surface area contributed by atoms with Crippen molar-refractivity contribution in [2.75, 3.05) is 0 Å². The van der Waals surface area contributed by atoms with E-state index in [1.807, 2.05) is 6.07 Å².